The van der Waals surface area contributed by atoms with E-state index in [2.05, 4.69) is 15.0 Å². The monoisotopic (exact) mass is 216 g/mol. The fraction of sp³-hybridized carbons (Fsp3) is 0.100. The van der Waals surface area contributed by atoms with Crippen LogP contribution in [0.25, 0.3) is 21.9 Å². The van der Waals surface area contributed by atoms with Crippen molar-refractivity contribution in [2.75, 3.05) is 0 Å². The molecule has 74 valence electrons. The molecule has 0 fully saturated rings. The quantitative estimate of drug-likeness (QED) is 0.586. The smallest absolute Gasteiger partial charge is 0.137 e. The van der Waals surface area contributed by atoms with Crippen LogP contribution in [0.2, 0.25) is 0 Å². The lowest BCUT2D eigenvalue weighted by atomic mass is 10.2. The maximum Gasteiger partial charge on any atom is 0.137 e. The zero-order valence-corrected chi connectivity index (χ0v) is 8.88. The number of nitrogens with zero attached hydrogens (tertiary/aromatic N) is 3. The van der Waals surface area contributed by atoms with E-state index in [0.29, 0.717) is 4.64 Å². The summed E-state index contributed by atoms with van der Waals surface area (Å²) in [6.07, 6.45) is 3.40. The minimum atomic E-state index is 0.617. The number of aryl methyl sites for hydroxylation is 1. The van der Waals surface area contributed by atoms with Crippen molar-refractivity contribution in [1.82, 2.24) is 19.5 Å². The molecule has 2 heterocycles. The van der Waals surface area contributed by atoms with Gasteiger partial charge in [0.05, 0.1) is 29.2 Å². The predicted molar refractivity (Wildman–Crippen MR) is 61.2 cm³/mol. The molecule has 0 unspecified atom stereocenters. The topological polar surface area (TPSA) is 46.5 Å². The van der Waals surface area contributed by atoms with E-state index in [1.807, 2.05) is 23.7 Å². The second kappa shape index (κ2) is 2.87. The van der Waals surface area contributed by atoms with E-state index in [0.717, 1.165) is 21.9 Å². The van der Waals surface area contributed by atoms with Crippen LogP contribution in [-0.2, 0) is 7.05 Å². The van der Waals surface area contributed by atoms with Gasteiger partial charge in [0.15, 0.2) is 0 Å². The number of rotatable bonds is 0. The van der Waals surface area contributed by atoms with E-state index in [1.165, 1.54) is 0 Å². The third-order valence-corrected chi connectivity index (χ3v) is 2.82. The first-order chi connectivity index (χ1) is 7.25. The number of nitrogens with one attached hydrogen (secondary N) is 1. The van der Waals surface area contributed by atoms with Crippen LogP contribution in [-0.4, -0.2) is 19.5 Å². The lowest BCUT2D eigenvalue weighted by Gasteiger charge is -1.99. The Kier molecular flexibility index (Phi) is 1.63. The maximum atomic E-state index is 5.17. The van der Waals surface area contributed by atoms with Crippen molar-refractivity contribution >= 4 is 34.2 Å². The number of hydrogen-bond donors (Lipinski definition) is 1. The number of H-pyrrole nitrogens is 1. The standard InChI is InChI=1S/C10H8N4S/c1-14-5-13-8-3-7-6(2-9(8)14)10(15)12-4-11-7/h2-5H,1H3,(H,11,12,15). The number of aromatic amines is 1. The number of benzene rings is 1. The number of fused-ring (bicyclic) bond motifs is 2. The highest BCUT2D eigenvalue weighted by Gasteiger charge is 2.03. The molecule has 3 aromatic rings. The molecule has 0 atom stereocenters. The molecule has 1 N–H and O–H groups in total. The Morgan fingerprint density at radius 1 is 1.33 bits per heavy atom. The van der Waals surface area contributed by atoms with Gasteiger partial charge in [-0.25, -0.2) is 9.97 Å². The zero-order valence-electron chi connectivity index (χ0n) is 8.06. The Morgan fingerprint density at radius 3 is 3.07 bits per heavy atom. The highest BCUT2D eigenvalue weighted by Crippen LogP contribution is 2.19. The van der Waals surface area contributed by atoms with Gasteiger partial charge in [-0.05, 0) is 12.1 Å². The summed E-state index contributed by atoms with van der Waals surface area (Å²) in [5.74, 6) is 0. The van der Waals surface area contributed by atoms with Crippen molar-refractivity contribution in [3.8, 4) is 0 Å². The summed E-state index contributed by atoms with van der Waals surface area (Å²) in [6.45, 7) is 0. The van der Waals surface area contributed by atoms with Crippen LogP contribution >= 0.6 is 12.2 Å². The highest BCUT2D eigenvalue weighted by atomic mass is 32.1. The first-order valence-corrected chi connectivity index (χ1v) is 4.95. The first-order valence-electron chi connectivity index (χ1n) is 4.54. The van der Waals surface area contributed by atoms with Crippen LogP contribution in [0.15, 0.2) is 24.8 Å². The van der Waals surface area contributed by atoms with Crippen LogP contribution in [0.1, 0.15) is 0 Å². The van der Waals surface area contributed by atoms with Gasteiger partial charge < -0.3 is 9.55 Å². The molecule has 4 nitrogen and oxygen atoms in total. The van der Waals surface area contributed by atoms with Crippen molar-refractivity contribution in [2.45, 2.75) is 0 Å². The largest absolute Gasteiger partial charge is 0.346 e. The summed E-state index contributed by atoms with van der Waals surface area (Å²) in [7, 11) is 1.96. The average Bonchev–Trinajstić information content (AvgIpc) is 2.59. The molecular formula is C10H8N4S. The average molecular weight is 216 g/mol. The Morgan fingerprint density at radius 2 is 2.20 bits per heavy atom. The number of hydrogen-bond acceptors (Lipinski definition) is 3. The van der Waals surface area contributed by atoms with E-state index in [-0.39, 0.29) is 0 Å². The van der Waals surface area contributed by atoms with E-state index in [1.54, 1.807) is 12.7 Å². The fourth-order valence-electron chi connectivity index (χ4n) is 1.70. The van der Waals surface area contributed by atoms with E-state index >= 15 is 0 Å². The van der Waals surface area contributed by atoms with Crippen molar-refractivity contribution in [3.05, 3.63) is 29.4 Å². The second-order valence-electron chi connectivity index (χ2n) is 3.45. The third kappa shape index (κ3) is 1.16. The van der Waals surface area contributed by atoms with Crippen molar-refractivity contribution in [3.63, 3.8) is 0 Å². The fourth-order valence-corrected chi connectivity index (χ4v) is 1.92. The lowest BCUT2D eigenvalue weighted by molar-refractivity contribution is 0.948. The molecule has 0 aliphatic heterocycles. The summed E-state index contributed by atoms with van der Waals surface area (Å²) in [6, 6.07) is 4.01. The van der Waals surface area contributed by atoms with Gasteiger partial charge in [0.25, 0.3) is 0 Å². The molecule has 0 saturated carbocycles. The number of aromatic nitrogens is 4. The van der Waals surface area contributed by atoms with Gasteiger partial charge in [-0.1, -0.05) is 12.2 Å². The van der Waals surface area contributed by atoms with Gasteiger partial charge in [0.2, 0.25) is 0 Å². The molecule has 3 rings (SSSR count). The molecule has 2 aromatic heterocycles. The van der Waals surface area contributed by atoms with Gasteiger partial charge in [-0.3, -0.25) is 0 Å². The van der Waals surface area contributed by atoms with Gasteiger partial charge in [0, 0.05) is 12.4 Å². The van der Waals surface area contributed by atoms with Crippen molar-refractivity contribution < 1.29 is 0 Å². The Bertz CT molecular complexity index is 710. The molecule has 1 aromatic carbocycles. The number of imidazole rings is 1. The highest BCUT2D eigenvalue weighted by molar-refractivity contribution is 7.71. The lowest BCUT2D eigenvalue weighted by Crippen LogP contribution is -1.87. The van der Waals surface area contributed by atoms with Crippen molar-refractivity contribution in [1.29, 1.82) is 0 Å². The second-order valence-corrected chi connectivity index (χ2v) is 3.84. The molecule has 0 aliphatic carbocycles. The molecular weight excluding hydrogens is 208 g/mol. The normalized spacial score (nSPS) is 11.3. The van der Waals surface area contributed by atoms with Crippen molar-refractivity contribution in [2.24, 2.45) is 7.05 Å². The Balaban J connectivity index is 2.61. The van der Waals surface area contributed by atoms with Gasteiger partial charge in [-0.2, -0.15) is 0 Å². The zero-order chi connectivity index (χ0) is 10.4. The van der Waals surface area contributed by atoms with Gasteiger partial charge in [-0.15, -0.1) is 0 Å². The first kappa shape index (κ1) is 8.55. The summed E-state index contributed by atoms with van der Waals surface area (Å²) in [4.78, 5) is 11.4. The minimum Gasteiger partial charge on any atom is -0.346 e. The van der Waals surface area contributed by atoms with Crippen LogP contribution < -0.4 is 0 Å². The molecule has 0 saturated heterocycles. The van der Waals surface area contributed by atoms with Gasteiger partial charge >= 0.3 is 0 Å². The van der Waals surface area contributed by atoms with E-state index in [4.69, 9.17) is 12.2 Å². The molecule has 15 heavy (non-hydrogen) atoms. The third-order valence-electron chi connectivity index (χ3n) is 2.50. The summed E-state index contributed by atoms with van der Waals surface area (Å²) in [5, 5.41) is 0.962. The molecule has 0 radical (unpaired) electrons. The molecule has 0 aliphatic rings. The van der Waals surface area contributed by atoms with E-state index in [9.17, 15) is 0 Å². The Labute approximate surface area is 90.6 Å². The molecule has 0 amide bonds. The van der Waals surface area contributed by atoms with Crippen LogP contribution in [0, 0.1) is 4.64 Å². The molecule has 5 heteroatoms. The van der Waals surface area contributed by atoms with Gasteiger partial charge in [0.1, 0.15) is 4.64 Å². The van der Waals surface area contributed by atoms with E-state index < -0.39 is 0 Å². The van der Waals surface area contributed by atoms with Crippen LogP contribution in [0.3, 0.4) is 0 Å². The molecule has 0 spiro atoms. The summed E-state index contributed by atoms with van der Waals surface area (Å²) >= 11 is 5.17. The minimum absolute atomic E-state index is 0.617. The van der Waals surface area contributed by atoms with Crippen LogP contribution in [0.5, 0.6) is 0 Å². The predicted octanol–water partition coefficient (Wildman–Crippen LogP) is 2.18. The summed E-state index contributed by atoms with van der Waals surface area (Å²) in [5.41, 5.74) is 3.00. The Hall–Kier alpha value is -1.75. The van der Waals surface area contributed by atoms with Crippen LogP contribution in [0.4, 0.5) is 0 Å². The molecule has 0 bridgehead atoms. The summed E-state index contributed by atoms with van der Waals surface area (Å²) < 4.78 is 2.59. The SMILES string of the molecule is Cn1cnc2cc3[nH]cnc(=S)c3cc21. The maximum absolute atomic E-state index is 5.17.